The number of hydrazone groups is 1. The molecule has 0 unspecified atom stereocenters. The third kappa shape index (κ3) is 4.41. The highest BCUT2D eigenvalue weighted by atomic mass is 79.9. The van der Waals surface area contributed by atoms with Crippen molar-refractivity contribution in [2.24, 2.45) is 5.10 Å². The van der Waals surface area contributed by atoms with E-state index in [1.807, 2.05) is 24.3 Å². The molecular formula is C15H11BrClN3O2. The molecule has 0 saturated carbocycles. The van der Waals surface area contributed by atoms with Crippen LogP contribution in [-0.2, 0) is 9.59 Å². The van der Waals surface area contributed by atoms with E-state index < -0.39 is 11.8 Å². The molecule has 0 heterocycles. The molecule has 0 aliphatic carbocycles. The molecule has 0 radical (unpaired) electrons. The van der Waals surface area contributed by atoms with E-state index in [0.29, 0.717) is 10.7 Å². The fourth-order valence-electron chi connectivity index (χ4n) is 1.53. The minimum absolute atomic E-state index is 0.348. The van der Waals surface area contributed by atoms with Crippen molar-refractivity contribution < 1.29 is 9.59 Å². The Labute approximate surface area is 140 Å². The minimum atomic E-state index is -0.886. The summed E-state index contributed by atoms with van der Waals surface area (Å²) in [5.74, 6) is -1.74. The normalized spacial score (nSPS) is 10.5. The number of hydrogen-bond donors (Lipinski definition) is 2. The van der Waals surface area contributed by atoms with Gasteiger partial charge in [-0.2, -0.15) is 5.10 Å². The molecule has 0 fully saturated rings. The first-order valence-corrected chi connectivity index (χ1v) is 7.38. The van der Waals surface area contributed by atoms with Crippen LogP contribution in [0.2, 0.25) is 5.02 Å². The number of carbonyl (C=O) groups excluding carboxylic acids is 2. The molecule has 0 aliphatic heterocycles. The van der Waals surface area contributed by atoms with E-state index in [4.69, 9.17) is 11.6 Å². The molecule has 0 spiro atoms. The monoisotopic (exact) mass is 379 g/mol. The van der Waals surface area contributed by atoms with Gasteiger partial charge in [-0.15, -0.1) is 0 Å². The Balaban J connectivity index is 1.94. The van der Waals surface area contributed by atoms with E-state index in [0.717, 1.165) is 10.0 Å². The minimum Gasteiger partial charge on any atom is -0.316 e. The fraction of sp³-hybridized carbons (Fsp3) is 0. The number of para-hydroxylation sites is 1. The van der Waals surface area contributed by atoms with E-state index >= 15 is 0 Å². The van der Waals surface area contributed by atoms with Gasteiger partial charge in [0, 0.05) is 10.0 Å². The van der Waals surface area contributed by atoms with Crippen molar-refractivity contribution in [2.75, 3.05) is 5.32 Å². The second-order valence-electron chi connectivity index (χ2n) is 4.15. The number of anilines is 1. The number of nitrogens with one attached hydrogen (secondary N) is 2. The van der Waals surface area contributed by atoms with Crippen LogP contribution >= 0.6 is 27.5 Å². The number of benzene rings is 2. The van der Waals surface area contributed by atoms with Crippen molar-refractivity contribution in [1.82, 2.24) is 5.43 Å². The fourth-order valence-corrected chi connectivity index (χ4v) is 2.10. The molecule has 0 aliphatic rings. The first kappa shape index (κ1) is 16.2. The van der Waals surface area contributed by atoms with Crippen LogP contribution in [0.1, 0.15) is 5.56 Å². The SMILES string of the molecule is O=C(N/N=C/c1ccccc1Br)C(=O)Nc1ccccc1Cl. The maximum atomic E-state index is 11.7. The average Bonchev–Trinajstić information content (AvgIpc) is 2.51. The summed E-state index contributed by atoms with van der Waals surface area (Å²) >= 11 is 9.24. The smallest absolute Gasteiger partial charge is 0.316 e. The number of rotatable bonds is 3. The topological polar surface area (TPSA) is 70.6 Å². The molecule has 2 amide bonds. The highest BCUT2D eigenvalue weighted by molar-refractivity contribution is 9.10. The van der Waals surface area contributed by atoms with Crippen LogP contribution in [0.4, 0.5) is 5.69 Å². The van der Waals surface area contributed by atoms with Crippen molar-refractivity contribution >= 4 is 51.2 Å². The first-order chi connectivity index (χ1) is 10.6. The second kappa shape index (κ2) is 7.72. The van der Waals surface area contributed by atoms with Gasteiger partial charge >= 0.3 is 11.8 Å². The average molecular weight is 381 g/mol. The largest absolute Gasteiger partial charge is 0.329 e. The summed E-state index contributed by atoms with van der Waals surface area (Å²) < 4.78 is 0.827. The van der Waals surface area contributed by atoms with Crippen LogP contribution in [0.25, 0.3) is 0 Å². The van der Waals surface area contributed by atoms with Gasteiger partial charge in [-0.05, 0) is 18.2 Å². The van der Waals surface area contributed by atoms with Gasteiger partial charge in [0.05, 0.1) is 16.9 Å². The lowest BCUT2D eigenvalue weighted by Crippen LogP contribution is -2.32. The quantitative estimate of drug-likeness (QED) is 0.488. The van der Waals surface area contributed by atoms with Crippen LogP contribution in [0.5, 0.6) is 0 Å². The molecule has 7 heteroatoms. The Kier molecular flexibility index (Phi) is 5.68. The van der Waals surface area contributed by atoms with Gasteiger partial charge in [-0.25, -0.2) is 5.43 Å². The van der Waals surface area contributed by atoms with Crippen LogP contribution in [0, 0.1) is 0 Å². The van der Waals surface area contributed by atoms with Crippen LogP contribution in [-0.4, -0.2) is 18.0 Å². The Hall–Kier alpha value is -2.18. The van der Waals surface area contributed by atoms with Gasteiger partial charge in [-0.1, -0.05) is 57.9 Å². The lowest BCUT2D eigenvalue weighted by atomic mass is 10.2. The standard InChI is InChI=1S/C15H11BrClN3O2/c16-11-6-2-1-5-10(11)9-18-20-15(22)14(21)19-13-8-4-3-7-12(13)17/h1-9H,(H,19,21)(H,20,22)/b18-9+. The van der Waals surface area contributed by atoms with Crippen LogP contribution in [0.15, 0.2) is 58.1 Å². The molecule has 22 heavy (non-hydrogen) atoms. The zero-order chi connectivity index (χ0) is 15.9. The predicted molar refractivity (Wildman–Crippen MR) is 90.0 cm³/mol. The summed E-state index contributed by atoms with van der Waals surface area (Å²) in [5.41, 5.74) is 3.29. The molecule has 5 nitrogen and oxygen atoms in total. The molecule has 0 atom stereocenters. The van der Waals surface area contributed by atoms with Gasteiger partial charge < -0.3 is 5.32 Å². The number of carbonyl (C=O) groups is 2. The lowest BCUT2D eigenvalue weighted by molar-refractivity contribution is -0.136. The van der Waals surface area contributed by atoms with E-state index in [1.165, 1.54) is 6.21 Å². The van der Waals surface area contributed by atoms with Gasteiger partial charge in [0.1, 0.15) is 0 Å². The first-order valence-electron chi connectivity index (χ1n) is 6.21. The lowest BCUT2D eigenvalue weighted by Gasteiger charge is -2.05. The summed E-state index contributed by atoms with van der Waals surface area (Å²) in [6.45, 7) is 0. The van der Waals surface area contributed by atoms with Gasteiger partial charge in [0.2, 0.25) is 0 Å². The Morgan fingerprint density at radius 3 is 2.45 bits per heavy atom. The van der Waals surface area contributed by atoms with Gasteiger partial charge in [0.15, 0.2) is 0 Å². The molecule has 0 aromatic heterocycles. The van der Waals surface area contributed by atoms with Gasteiger partial charge in [-0.3, -0.25) is 9.59 Å². The Morgan fingerprint density at radius 2 is 1.73 bits per heavy atom. The van der Waals surface area contributed by atoms with Crippen molar-refractivity contribution in [3.8, 4) is 0 Å². The summed E-state index contributed by atoms with van der Waals surface area (Å²) in [6.07, 6.45) is 1.44. The van der Waals surface area contributed by atoms with Crippen LogP contribution in [0.3, 0.4) is 0 Å². The summed E-state index contributed by atoms with van der Waals surface area (Å²) in [6, 6.07) is 14.0. The molecule has 0 bridgehead atoms. The highest BCUT2D eigenvalue weighted by Crippen LogP contribution is 2.20. The second-order valence-corrected chi connectivity index (χ2v) is 5.42. The molecular weight excluding hydrogens is 370 g/mol. The Morgan fingerprint density at radius 1 is 1.05 bits per heavy atom. The molecule has 2 aromatic rings. The number of amides is 2. The third-order valence-electron chi connectivity index (χ3n) is 2.60. The number of hydrogen-bond acceptors (Lipinski definition) is 3. The van der Waals surface area contributed by atoms with E-state index in [1.54, 1.807) is 24.3 Å². The molecule has 2 rings (SSSR count). The summed E-state index contributed by atoms with van der Waals surface area (Å²) in [7, 11) is 0. The zero-order valence-corrected chi connectivity index (χ0v) is 13.6. The highest BCUT2D eigenvalue weighted by Gasteiger charge is 2.14. The number of halogens is 2. The molecule has 2 aromatic carbocycles. The summed E-state index contributed by atoms with van der Waals surface area (Å²) in [4.78, 5) is 23.4. The molecule has 112 valence electrons. The van der Waals surface area contributed by atoms with Crippen molar-refractivity contribution in [2.45, 2.75) is 0 Å². The molecule has 0 saturated heterocycles. The van der Waals surface area contributed by atoms with Crippen molar-refractivity contribution in [3.05, 3.63) is 63.6 Å². The number of nitrogens with zero attached hydrogens (tertiary/aromatic N) is 1. The third-order valence-corrected chi connectivity index (χ3v) is 3.65. The molecule has 2 N–H and O–H groups in total. The maximum absolute atomic E-state index is 11.7. The predicted octanol–water partition coefficient (Wildman–Crippen LogP) is 3.19. The maximum Gasteiger partial charge on any atom is 0.329 e. The van der Waals surface area contributed by atoms with E-state index in [9.17, 15) is 9.59 Å². The Bertz CT molecular complexity index is 734. The van der Waals surface area contributed by atoms with Gasteiger partial charge in [0.25, 0.3) is 0 Å². The van der Waals surface area contributed by atoms with E-state index in [2.05, 4.69) is 31.8 Å². The van der Waals surface area contributed by atoms with Crippen molar-refractivity contribution in [3.63, 3.8) is 0 Å². The van der Waals surface area contributed by atoms with Crippen molar-refractivity contribution in [1.29, 1.82) is 0 Å². The zero-order valence-electron chi connectivity index (χ0n) is 11.2. The van der Waals surface area contributed by atoms with Crippen LogP contribution < -0.4 is 10.7 Å². The summed E-state index contributed by atoms with van der Waals surface area (Å²) in [5, 5.41) is 6.49. The van der Waals surface area contributed by atoms with E-state index in [-0.39, 0.29) is 0 Å².